The highest BCUT2D eigenvalue weighted by Crippen LogP contribution is 2.22. The third kappa shape index (κ3) is 3.63. The molecule has 0 aliphatic carbocycles. The van der Waals surface area contributed by atoms with Crippen molar-refractivity contribution >= 4 is 23.3 Å². The molecule has 1 amide bonds. The van der Waals surface area contributed by atoms with Crippen LogP contribution < -0.4 is 5.32 Å². The number of carbonyl (C=O) groups excluding carboxylic acids is 2. The predicted molar refractivity (Wildman–Crippen MR) is 83.7 cm³/mol. The lowest BCUT2D eigenvalue weighted by Gasteiger charge is -2.38. The number of amides is 1. The molecule has 0 saturated carbocycles. The molecule has 1 fully saturated rings. The summed E-state index contributed by atoms with van der Waals surface area (Å²) in [5.74, 6) is 0.0212. The maximum absolute atomic E-state index is 12.6. The van der Waals surface area contributed by atoms with Gasteiger partial charge in [0.1, 0.15) is 0 Å². The molecular formula is C16H21ClN2O2. The number of hydrogen-bond donors (Lipinski definition) is 1. The fraction of sp³-hybridized carbons (Fsp3) is 0.500. The zero-order valence-corrected chi connectivity index (χ0v) is 13.2. The maximum atomic E-state index is 12.6. The lowest BCUT2D eigenvalue weighted by Crippen LogP contribution is -2.54. The number of halogens is 1. The molecule has 114 valence electrons. The maximum Gasteiger partial charge on any atom is 0.237 e. The Balaban J connectivity index is 2.16. The fourth-order valence-electron chi connectivity index (χ4n) is 2.87. The van der Waals surface area contributed by atoms with Gasteiger partial charge in [-0.2, -0.15) is 0 Å². The lowest BCUT2D eigenvalue weighted by atomic mass is 9.96. The molecule has 1 N–H and O–H groups in total. The highest BCUT2D eigenvalue weighted by Gasteiger charge is 2.34. The SMILES string of the molecule is CNC(=O)C1CCCCN1C(C)C(=O)c1ccc(Cl)cc1. The molecule has 1 saturated heterocycles. The third-order valence-electron chi connectivity index (χ3n) is 4.10. The van der Waals surface area contributed by atoms with E-state index in [1.54, 1.807) is 31.3 Å². The largest absolute Gasteiger partial charge is 0.358 e. The Kier molecular flexibility index (Phi) is 5.37. The molecule has 1 aliphatic heterocycles. The van der Waals surface area contributed by atoms with E-state index in [9.17, 15) is 9.59 Å². The number of nitrogens with one attached hydrogen (secondary N) is 1. The highest BCUT2D eigenvalue weighted by molar-refractivity contribution is 6.30. The number of likely N-dealkylation sites (tertiary alicyclic amines) is 1. The van der Waals surface area contributed by atoms with Crippen LogP contribution in [0.15, 0.2) is 24.3 Å². The van der Waals surface area contributed by atoms with E-state index in [1.165, 1.54) is 0 Å². The van der Waals surface area contributed by atoms with Gasteiger partial charge in [0.2, 0.25) is 5.91 Å². The molecule has 1 aromatic carbocycles. The zero-order chi connectivity index (χ0) is 15.4. The number of ketones is 1. The Hall–Kier alpha value is -1.39. The molecule has 2 rings (SSSR count). The van der Waals surface area contributed by atoms with Gasteiger partial charge in [0.05, 0.1) is 12.1 Å². The van der Waals surface area contributed by atoms with Gasteiger partial charge in [-0.15, -0.1) is 0 Å². The second-order valence-corrected chi connectivity index (χ2v) is 5.85. The van der Waals surface area contributed by atoms with Crippen molar-refractivity contribution in [3.8, 4) is 0 Å². The van der Waals surface area contributed by atoms with Gasteiger partial charge in [0, 0.05) is 17.6 Å². The van der Waals surface area contributed by atoms with Crippen LogP contribution in [0.25, 0.3) is 0 Å². The Morgan fingerprint density at radius 3 is 2.57 bits per heavy atom. The van der Waals surface area contributed by atoms with Gasteiger partial charge < -0.3 is 5.32 Å². The molecule has 2 atom stereocenters. The highest BCUT2D eigenvalue weighted by atomic mass is 35.5. The number of likely N-dealkylation sites (N-methyl/N-ethyl adjacent to an activating group) is 1. The fourth-order valence-corrected chi connectivity index (χ4v) is 3.00. The van der Waals surface area contributed by atoms with Crippen LogP contribution in [0.2, 0.25) is 5.02 Å². The van der Waals surface area contributed by atoms with E-state index in [0.717, 1.165) is 25.8 Å². The van der Waals surface area contributed by atoms with E-state index in [0.29, 0.717) is 10.6 Å². The number of piperidine rings is 1. The van der Waals surface area contributed by atoms with Crippen molar-refractivity contribution in [1.82, 2.24) is 10.2 Å². The molecule has 2 unspecified atom stereocenters. The smallest absolute Gasteiger partial charge is 0.237 e. The second-order valence-electron chi connectivity index (χ2n) is 5.41. The summed E-state index contributed by atoms with van der Waals surface area (Å²) in [5.41, 5.74) is 0.633. The van der Waals surface area contributed by atoms with E-state index in [1.807, 2.05) is 11.8 Å². The minimum absolute atomic E-state index is 0.00884. The summed E-state index contributed by atoms with van der Waals surface area (Å²) >= 11 is 5.85. The monoisotopic (exact) mass is 308 g/mol. The Morgan fingerprint density at radius 2 is 1.95 bits per heavy atom. The zero-order valence-electron chi connectivity index (χ0n) is 12.4. The van der Waals surface area contributed by atoms with Crippen LogP contribution in [-0.4, -0.2) is 42.3 Å². The number of carbonyl (C=O) groups is 2. The Bertz CT molecular complexity index is 516. The number of hydrogen-bond acceptors (Lipinski definition) is 3. The first-order valence-corrected chi connectivity index (χ1v) is 7.69. The average molecular weight is 309 g/mol. The minimum atomic E-state index is -0.311. The van der Waals surface area contributed by atoms with E-state index >= 15 is 0 Å². The molecule has 1 aromatic rings. The van der Waals surface area contributed by atoms with Crippen molar-refractivity contribution < 1.29 is 9.59 Å². The first-order valence-electron chi connectivity index (χ1n) is 7.31. The predicted octanol–water partition coefficient (Wildman–Crippen LogP) is 2.51. The molecule has 21 heavy (non-hydrogen) atoms. The van der Waals surface area contributed by atoms with Crippen molar-refractivity contribution in [3.63, 3.8) is 0 Å². The van der Waals surface area contributed by atoms with Gasteiger partial charge in [-0.3, -0.25) is 14.5 Å². The van der Waals surface area contributed by atoms with E-state index in [-0.39, 0.29) is 23.8 Å². The molecule has 4 nitrogen and oxygen atoms in total. The van der Waals surface area contributed by atoms with Crippen LogP contribution in [0.4, 0.5) is 0 Å². The molecule has 0 spiro atoms. The quantitative estimate of drug-likeness (QED) is 0.870. The van der Waals surface area contributed by atoms with Crippen molar-refractivity contribution in [2.24, 2.45) is 0 Å². The molecule has 0 bridgehead atoms. The van der Waals surface area contributed by atoms with Gasteiger partial charge in [0.15, 0.2) is 5.78 Å². The lowest BCUT2D eigenvalue weighted by molar-refractivity contribution is -0.127. The van der Waals surface area contributed by atoms with E-state index in [4.69, 9.17) is 11.6 Å². The number of benzene rings is 1. The molecule has 1 heterocycles. The van der Waals surface area contributed by atoms with Crippen LogP contribution in [0.5, 0.6) is 0 Å². The van der Waals surface area contributed by atoms with Crippen molar-refractivity contribution in [2.45, 2.75) is 38.3 Å². The number of nitrogens with zero attached hydrogens (tertiary/aromatic N) is 1. The Labute approximate surface area is 130 Å². The van der Waals surface area contributed by atoms with Crippen LogP contribution in [0.1, 0.15) is 36.5 Å². The molecule has 0 aromatic heterocycles. The summed E-state index contributed by atoms with van der Waals surface area (Å²) in [6.45, 7) is 2.65. The topological polar surface area (TPSA) is 49.4 Å². The summed E-state index contributed by atoms with van der Waals surface area (Å²) in [4.78, 5) is 26.6. The molecular weight excluding hydrogens is 288 g/mol. The van der Waals surface area contributed by atoms with Crippen LogP contribution in [0.3, 0.4) is 0 Å². The number of rotatable bonds is 4. The second kappa shape index (κ2) is 7.05. The van der Waals surface area contributed by atoms with Gasteiger partial charge in [-0.1, -0.05) is 18.0 Å². The van der Waals surface area contributed by atoms with Crippen molar-refractivity contribution in [3.05, 3.63) is 34.9 Å². The summed E-state index contributed by atoms with van der Waals surface area (Å²) in [7, 11) is 1.64. The normalized spacial score (nSPS) is 20.8. The van der Waals surface area contributed by atoms with Crippen LogP contribution >= 0.6 is 11.6 Å². The molecule has 1 aliphatic rings. The van der Waals surface area contributed by atoms with Crippen molar-refractivity contribution in [2.75, 3.05) is 13.6 Å². The summed E-state index contributed by atoms with van der Waals surface area (Å²) in [5, 5.41) is 3.31. The van der Waals surface area contributed by atoms with Gasteiger partial charge in [0.25, 0.3) is 0 Å². The van der Waals surface area contributed by atoms with Crippen LogP contribution in [0, 0.1) is 0 Å². The van der Waals surface area contributed by atoms with Gasteiger partial charge >= 0.3 is 0 Å². The van der Waals surface area contributed by atoms with Gasteiger partial charge in [-0.25, -0.2) is 0 Å². The first-order chi connectivity index (χ1) is 10.0. The number of Topliss-reactive ketones (excluding diaryl/α,β-unsaturated/α-hetero) is 1. The standard InChI is InChI=1S/C16H21ClN2O2/c1-11(15(20)12-6-8-13(17)9-7-12)19-10-4-3-5-14(19)16(21)18-2/h6-9,11,14H,3-5,10H2,1-2H3,(H,18,21). The van der Waals surface area contributed by atoms with Gasteiger partial charge in [-0.05, 0) is 50.6 Å². The minimum Gasteiger partial charge on any atom is -0.358 e. The first kappa shape index (κ1) is 16.0. The van der Waals surface area contributed by atoms with E-state index < -0.39 is 0 Å². The Morgan fingerprint density at radius 1 is 1.29 bits per heavy atom. The van der Waals surface area contributed by atoms with E-state index in [2.05, 4.69) is 5.32 Å². The van der Waals surface area contributed by atoms with Crippen LogP contribution in [-0.2, 0) is 4.79 Å². The molecule has 5 heteroatoms. The summed E-state index contributed by atoms with van der Waals surface area (Å²) < 4.78 is 0. The summed E-state index contributed by atoms with van der Waals surface area (Å²) in [6.07, 6.45) is 2.85. The third-order valence-corrected chi connectivity index (χ3v) is 4.35. The average Bonchev–Trinajstić information content (AvgIpc) is 2.53. The molecule has 0 radical (unpaired) electrons. The summed E-state index contributed by atoms with van der Waals surface area (Å²) in [6, 6.07) is 6.38. The van der Waals surface area contributed by atoms with Crippen molar-refractivity contribution in [1.29, 1.82) is 0 Å².